The largest absolute Gasteiger partial charge is 0.480 e. The van der Waals surface area contributed by atoms with Crippen molar-refractivity contribution in [3.8, 4) is 11.1 Å². The van der Waals surface area contributed by atoms with Crippen LogP contribution in [0.3, 0.4) is 0 Å². The van der Waals surface area contributed by atoms with Gasteiger partial charge in [-0.2, -0.15) is 11.8 Å². The molecule has 2 amide bonds. The molecule has 1 fully saturated rings. The van der Waals surface area contributed by atoms with E-state index in [2.05, 4.69) is 34.9 Å². The van der Waals surface area contributed by atoms with Crippen LogP contribution in [0.4, 0.5) is 4.79 Å². The van der Waals surface area contributed by atoms with Crippen molar-refractivity contribution in [3.63, 3.8) is 0 Å². The summed E-state index contributed by atoms with van der Waals surface area (Å²) < 4.78 is 5.69. The third kappa shape index (κ3) is 5.48. The molecule has 0 aliphatic heterocycles. The number of carboxylic acid groups (broad SMARTS) is 1. The van der Waals surface area contributed by atoms with Gasteiger partial charge in [-0.1, -0.05) is 67.8 Å². The molecule has 2 aromatic rings. The summed E-state index contributed by atoms with van der Waals surface area (Å²) in [5.74, 6) is -0.977. The number of hydrogen-bond donors (Lipinski definition) is 3. The lowest BCUT2D eigenvalue weighted by Crippen LogP contribution is -2.62. The molecule has 186 valence electrons. The molecule has 2 aliphatic carbocycles. The molecule has 35 heavy (non-hydrogen) atoms. The van der Waals surface area contributed by atoms with E-state index in [1.807, 2.05) is 30.5 Å². The van der Waals surface area contributed by atoms with Crippen LogP contribution >= 0.6 is 11.8 Å². The summed E-state index contributed by atoms with van der Waals surface area (Å²) in [5, 5.41) is 15.0. The van der Waals surface area contributed by atoms with Gasteiger partial charge in [-0.3, -0.25) is 4.79 Å². The zero-order valence-corrected chi connectivity index (χ0v) is 20.7. The Hall–Kier alpha value is -3.00. The topological polar surface area (TPSA) is 105 Å². The first-order chi connectivity index (χ1) is 16.9. The van der Waals surface area contributed by atoms with Gasteiger partial charge in [0.1, 0.15) is 18.2 Å². The van der Waals surface area contributed by atoms with Gasteiger partial charge >= 0.3 is 12.1 Å². The average Bonchev–Trinajstić information content (AvgIpc) is 3.19. The zero-order valence-electron chi connectivity index (χ0n) is 19.9. The highest BCUT2D eigenvalue weighted by Crippen LogP contribution is 2.44. The molecule has 0 heterocycles. The number of carbonyl (C=O) groups excluding carboxylic acids is 2. The molecular weight excluding hydrogens is 464 g/mol. The number of fused-ring (bicyclic) bond motifs is 3. The average molecular weight is 497 g/mol. The molecule has 1 atom stereocenters. The van der Waals surface area contributed by atoms with Crippen molar-refractivity contribution in [2.24, 2.45) is 0 Å². The predicted molar refractivity (Wildman–Crippen MR) is 137 cm³/mol. The molecule has 0 aromatic heterocycles. The Morgan fingerprint density at radius 2 is 1.63 bits per heavy atom. The van der Waals surface area contributed by atoms with Crippen LogP contribution in [0.5, 0.6) is 0 Å². The zero-order chi connectivity index (χ0) is 24.8. The van der Waals surface area contributed by atoms with Crippen LogP contribution in [0.25, 0.3) is 11.1 Å². The fourth-order valence-corrected chi connectivity index (χ4v) is 5.65. The lowest BCUT2D eigenvalue weighted by molar-refractivity contribution is -0.143. The van der Waals surface area contributed by atoms with E-state index in [1.165, 1.54) is 11.8 Å². The maximum Gasteiger partial charge on any atom is 0.408 e. The fourth-order valence-electron chi connectivity index (χ4n) is 5.18. The predicted octanol–water partition coefficient (Wildman–Crippen LogP) is 4.55. The maximum atomic E-state index is 13.3. The van der Waals surface area contributed by atoms with Gasteiger partial charge in [-0.25, -0.2) is 9.59 Å². The first kappa shape index (κ1) is 25.1. The SMILES string of the molecule is CSCC[C@H](NC(=O)C1(NC(=O)OCC2c3ccccc3-c3ccccc32)CCCCC1)C(=O)O. The standard InChI is InChI=1S/C27H32N2O5S/c1-35-16-13-23(24(30)31)28-25(32)27(14-7-2-8-15-27)29-26(33)34-17-22-20-11-5-3-9-18(20)19-10-4-6-12-21(19)22/h3-6,9-12,22-23H,2,7-8,13-17H2,1H3,(H,28,32)(H,29,33)(H,30,31)/t23-/m0/s1. The number of thioether (sulfide) groups is 1. The molecule has 8 heteroatoms. The van der Waals surface area contributed by atoms with E-state index in [9.17, 15) is 19.5 Å². The van der Waals surface area contributed by atoms with Crippen LogP contribution < -0.4 is 10.6 Å². The Bertz CT molecular complexity index is 1040. The Kier molecular flexibility index (Phi) is 8.00. The first-order valence-corrected chi connectivity index (χ1v) is 13.5. The van der Waals surface area contributed by atoms with Gasteiger partial charge in [0.15, 0.2) is 0 Å². The molecule has 0 radical (unpaired) electrons. The van der Waals surface area contributed by atoms with E-state index in [4.69, 9.17) is 4.74 Å². The van der Waals surface area contributed by atoms with Crippen molar-refractivity contribution in [1.29, 1.82) is 0 Å². The van der Waals surface area contributed by atoms with Gasteiger partial charge in [0, 0.05) is 5.92 Å². The van der Waals surface area contributed by atoms with Crippen molar-refractivity contribution < 1.29 is 24.2 Å². The Labute approximate surface area is 210 Å². The summed E-state index contributed by atoms with van der Waals surface area (Å²) >= 11 is 1.52. The number of alkyl carbamates (subject to hydrolysis) is 1. The second-order valence-electron chi connectivity index (χ2n) is 9.24. The number of nitrogens with one attached hydrogen (secondary N) is 2. The number of carboxylic acids is 1. The van der Waals surface area contributed by atoms with Crippen molar-refractivity contribution >= 4 is 29.7 Å². The number of carbonyl (C=O) groups is 3. The van der Waals surface area contributed by atoms with Crippen LogP contribution in [0.1, 0.15) is 55.6 Å². The third-order valence-electron chi connectivity index (χ3n) is 7.04. The second-order valence-corrected chi connectivity index (χ2v) is 10.2. The Morgan fingerprint density at radius 1 is 1.03 bits per heavy atom. The van der Waals surface area contributed by atoms with Gasteiger partial charge in [0.25, 0.3) is 0 Å². The summed E-state index contributed by atoms with van der Waals surface area (Å²) in [5.41, 5.74) is 3.36. The van der Waals surface area contributed by atoms with E-state index in [1.54, 1.807) is 0 Å². The number of benzene rings is 2. The molecule has 4 rings (SSSR count). The van der Waals surface area contributed by atoms with E-state index < -0.39 is 29.6 Å². The second kappa shape index (κ2) is 11.2. The lowest BCUT2D eigenvalue weighted by atomic mass is 9.80. The van der Waals surface area contributed by atoms with Gasteiger partial charge in [0.05, 0.1) is 0 Å². The van der Waals surface area contributed by atoms with Crippen LogP contribution in [0, 0.1) is 0 Å². The number of rotatable bonds is 9. The monoisotopic (exact) mass is 496 g/mol. The summed E-state index contributed by atoms with van der Waals surface area (Å²) in [6, 6.07) is 15.2. The van der Waals surface area contributed by atoms with Crippen LogP contribution in [-0.4, -0.2) is 53.3 Å². The molecule has 0 unspecified atom stereocenters. The smallest absolute Gasteiger partial charge is 0.408 e. The highest BCUT2D eigenvalue weighted by atomic mass is 32.2. The fraction of sp³-hybridized carbons (Fsp3) is 0.444. The number of amides is 2. The van der Waals surface area contributed by atoms with Gasteiger partial charge in [0.2, 0.25) is 5.91 Å². The summed E-state index contributed by atoms with van der Waals surface area (Å²) in [4.78, 5) is 37.9. The minimum Gasteiger partial charge on any atom is -0.480 e. The Morgan fingerprint density at radius 3 is 2.20 bits per heavy atom. The van der Waals surface area contributed by atoms with Crippen molar-refractivity contribution in [2.75, 3.05) is 18.6 Å². The van der Waals surface area contributed by atoms with Crippen molar-refractivity contribution in [3.05, 3.63) is 59.7 Å². The van der Waals surface area contributed by atoms with E-state index in [-0.39, 0.29) is 12.5 Å². The number of ether oxygens (including phenoxy) is 1. The van der Waals surface area contributed by atoms with Crippen LogP contribution in [0.2, 0.25) is 0 Å². The summed E-state index contributed by atoms with van der Waals surface area (Å²) in [7, 11) is 0. The molecule has 2 aliphatic rings. The molecule has 7 nitrogen and oxygen atoms in total. The summed E-state index contributed by atoms with van der Waals surface area (Å²) in [6.45, 7) is 0.156. The third-order valence-corrected chi connectivity index (χ3v) is 7.68. The first-order valence-electron chi connectivity index (χ1n) is 12.1. The summed E-state index contributed by atoms with van der Waals surface area (Å²) in [6.07, 6.45) is 5.00. The number of aliphatic carboxylic acids is 1. The molecule has 1 saturated carbocycles. The minimum atomic E-state index is -1.16. The van der Waals surface area contributed by atoms with Gasteiger partial charge < -0.3 is 20.5 Å². The van der Waals surface area contributed by atoms with Gasteiger partial charge in [-0.15, -0.1) is 0 Å². The normalized spacial score (nSPS) is 17.1. The van der Waals surface area contributed by atoms with E-state index >= 15 is 0 Å². The van der Waals surface area contributed by atoms with E-state index in [0.29, 0.717) is 25.0 Å². The molecule has 2 aromatic carbocycles. The van der Waals surface area contributed by atoms with Crippen LogP contribution in [0.15, 0.2) is 48.5 Å². The maximum absolute atomic E-state index is 13.3. The highest BCUT2D eigenvalue weighted by molar-refractivity contribution is 7.98. The molecule has 0 saturated heterocycles. The van der Waals surface area contributed by atoms with Crippen molar-refractivity contribution in [1.82, 2.24) is 10.6 Å². The molecule has 0 spiro atoms. The molecule has 0 bridgehead atoms. The van der Waals surface area contributed by atoms with E-state index in [0.717, 1.165) is 41.5 Å². The minimum absolute atomic E-state index is 0.0767. The quantitative estimate of drug-likeness (QED) is 0.470. The molecular formula is C27H32N2O5S. The Balaban J connectivity index is 1.45. The van der Waals surface area contributed by atoms with Crippen LogP contribution in [-0.2, 0) is 14.3 Å². The lowest BCUT2D eigenvalue weighted by Gasteiger charge is -2.37. The number of hydrogen-bond acceptors (Lipinski definition) is 5. The highest BCUT2D eigenvalue weighted by Gasteiger charge is 2.43. The van der Waals surface area contributed by atoms with Gasteiger partial charge in [-0.05, 0) is 53.5 Å². The van der Waals surface area contributed by atoms with Crippen molar-refractivity contribution in [2.45, 2.75) is 56.0 Å². The molecule has 3 N–H and O–H groups in total.